The summed E-state index contributed by atoms with van der Waals surface area (Å²) in [6.45, 7) is 6.18. The minimum absolute atomic E-state index is 0.822. The Balaban J connectivity index is 1.87. The summed E-state index contributed by atoms with van der Waals surface area (Å²) in [5, 5.41) is 3.38. The molecule has 1 fully saturated rings. The topological polar surface area (TPSA) is 27.7 Å². The second-order valence-corrected chi connectivity index (χ2v) is 5.01. The first-order valence-corrected chi connectivity index (χ1v) is 6.78. The van der Waals surface area contributed by atoms with Crippen LogP contribution >= 0.6 is 0 Å². The van der Waals surface area contributed by atoms with Crippen LogP contribution in [0.15, 0.2) is 18.2 Å². The quantitative estimate of drug-likeness (QED) is 0.810. The molecule has 3 rings (SSSR count). The van der Waals surface area contributed by atoms with Gasteiger partial charge in [0.15, 0.2) is 0 Å². The van der Waals surface area contributed by atoms with Crippen molar-refractivity contribution in [3.8, 4) is 5.75 Å². The van der Waals surface area contributed by atoms with Crippen molar-refractivity contribution in [1.82, 2.24) is 5.32 Å². The molecule has 1 saturated heterocycles. The van der Waals surface area contributed by atoms with Crippen LogP contribution in [0.2, 0.25) is 0 Å². The number of benzene rings is 1. The molecule has 0 unspecified atom stereocenters. The summed E-state index contributed by atoms with van der Waals surface area (Å²) < 4.78 is 5.87. The molecule has 0 bridgehead atoms. The van der Waals surface area contributed by atoms with Gasteiger partial charge < -0.3 is 19.9 Å². The van der Waals surface area contributed by atoms with Crippen molar-refractivity contribution in [2.75, 3.05) is 56.2 Å². The Morgan fingerprint density at radius 3 is 2.83 bits per heavy atom. The van der Waals surface area contributed by atoms with Crippen LogP contribution in [0.3, 0.4) is 0 Å². The van der Waals surface area contributed by atoms with Crippen LogP contribution in [0.4, 0.5) is 11.4 Å². The Bertz CT molecular complexity index is 416. The SMILES string of the molecule is CN1CCCOc2cc(N3CCNCC3)ccc21. The van der Waals surface area contributed by atoms with Crippen LogP contribution < -0.4 is 19.9 Å². The van der Waals surface area contributed by atoms with Crippen molar-refractivity contribution in [3.63, 3.8) is 0 Å². The molecule has 18 heavy (non-hydrogen) atoms. The smallest absolute Gasteiger partial charge is 0.144 e. The van der Waals surface area contributed by atoms with Gasteiger partial charge in [-0.15, -0.1) is 0 Å². The molecule has 2 aliphatic rings. The zero-order valence-corrected chi connectivity index (χ0v) is 11.0. The lowest BCUT2D eigenvalue weighted by molar-refractivity contribution is 0.322. The third kappa shape index (κ3) is 2.25. The molecule has 98 valence electrons. The molecule has 0 aromatic heterocycles. The number of hydrogen-bond donors (Lipinski definition) is 1. The molecular formula is C14H21N3O. The predicted molar refractivity (Wildman–Crippen MR) is 74.9 cm³/mol. The van der Waals surface area contributed by atoms with Gasteiger partial charge >= 0.3 is 0 Å². The molecular weight excluding hydrogens is 226 g/mol. The Hall–Kier alpha value is -1.42. The summed E-state index contributed by atoms with van der Waals surface area (Å²) in [7, 11) is 2.14. The number of piperazine rings is 1. The lowest BCUT2D eigenvalue weighted by Crippen LogP contribution is -2.43. The maximum atomic E-state index is 5.87. The lowest BCUT2D eigenvalue weighted by atomic mass is 10.2. The average molecular weight is 247 g/mol. The van der Waals surface area contributed by atoms with Crippen molar-refractivity contribution < 1.29 is 4.74 Å². The van der Waals surface area contributed by atoms with Crippen molar-refractivity contribution in [2.24, 2.45) is 0 Å². The zero-order valence-electron chi connectivity index (χ0n) is 11.0. The van der Waals surface area contributed by atoms with Gasteiger partial charge in [-0.3, -0.25) is 0 Å². The van der Waals surface area contributed by atoms with E-state index in [0.29, 0.717) is 0 Å². The number of fused-ring (bicyclic) bond motifs is 1. The van der Waals surface area contributed by atoms with Crippen molar-refractivity contribution >= 4 is 11.4 Å². The van der Waals surface area contributed by atoms with Gasteiger partial charge in [0.25, 0.3) is 0 Å². The molecule has 0 aliphatic carbocycles. The van der Waals surface area contributed by atoms with Gasteiger partial charge in [0, 0.05) is 51.5 Å². The van der Waals surface area contributed by atoms with Crippen molar-refractivity contribution in [2.45, 2.75) is 6.42 Å². The Morgan fingerprint density at radius 1 is 1.17 bits per heavy atom. The van der Waals surface area contributed by atoms with Crippen LogP contribution in [-0.4, -0.2) is 46.4 Å². The van der Waals surface area contributed by atoms with Gasteiger partial charge in [-0.2, -0.15) is 0 Å². The molecule has 0 radical (unpaired) electrons. The summed E-state index contributed by atoms with van der Waals surface area (Å²) in [5.41, 5.74) is 2.50. The summed E-state index contributed by atoms with van der Waals surface area (Å²) >= 11 is 0. The minimum atomic E-state index is 0.822. The third-order valence-electron chi connectivity index (χ3n) is 3.73. The molecule has 4 nitrogen and oxygen atoms in total. The summed E-state index contributed by atoms with van der Waals surface area (Å²) in [6.07, 6.45) is 1.09. The van der Waals surface area contributed by atoms with E-state index in [4.69, 9.17) is 4.74 Å². The Morgan fingerprint density at radius 2 is 2.00 bits per heavy atom. The van der Waals surface area contributed by atoms with Gasteiger partial charge in [-0.05, 0) is 18.6 Å². The van der Waals surface area contributed by atoms with E-state index in [9.17, 15) is 0 Å². The zero-order chi connectivity index (χ0) is 12.4. The van der Waals surface area contributed by atoms with Crippen molar-refractivity contribution in [1.29, 1.82) is 0 Å². The van der Waals surface area contributed by atoms with Gasteiger partial charge in [0.1, 0.15) is 5.75 Å². The van der Waals surface area contributed by atoms with E-state index in [-0.39, 0.29) is 0 Å². The maximum absolute atomic E-state index is 5.87. The largest absolute Gasteiger partial charge is 0.491 e. The van der Waals surface area contributed by atoms with Gasteiger partial charge in [-0.25, -0.2) is 0 Å². The summed E-state index contributed by atoms with van der Waals surface area (Å²) in [6, 6.07) is 6.61. The first-order valence-electron chi connectivity index (χ1n) is 6.78. The van der Waals surface area contributed by atoms with E-state index < -0.39 is 0 Å². The van der Waals surface area contributed by atoms with Crippen LogP contribution in [0.1, 0.15) is 6.42 Å². The first kappa shape index (κ1) is 11.7. The number of nitrogens with one attached hydrogen (secondary N) is 1. The lowest BCUT2D eigenvalue weighted by Gasteiger charge is -2.30. The highest BCUT2D eigenvalue weighted by Gasteiger charge is 2.16. The number of ether oxygens (including phenoxy) is 1. The predicted octanol–water partition coefficient (Wildman–Crippen LogP) is 1.31. The molecule has 1 aromatic rings. The molecule has 0 saturated carbocycles. The Kier molecular flexibility index (Phi) is 3.28. The molecule has 0 amide bonds. The molecule has 0 spiro atoms. The second-order valence-electron chi connectivity index (χ2n) is 5.01. The third-order valence-corrected chi connectivity index (χ3v) is 3.73. The Labute approximate surface area is 109 Å². The number of rotatable bonds is 1. The molecule has 2 heterocycles. The minimum Gasteiger partial charge on any atom is -0.491 e. The maximum Gasteiger partial charge on any atom is 0.144 e. The van der Waals surface area contributed by atoms with E-state index in [1.54, 1.807) is 0 Å². The van der Waals surface area contributed by atoms with Crippen LogP contribution in [-0.2, 0) is 0 Å². The van der Waals surface area contributed by atoms with E-state index in [0.717, 1.165) is 51.5 Å². The standard InChI is InChI=1S/C14H21N3O/c1-16-7-2-10-18-14-11-12(3-4-13(14)16)17-8-5-15-6-9-17/h3-4,11,15H,2,5-10H2,1H3. The molecule has 0 atom stereocenters. The van der Waals surface area contributed by atoms with E-state index in [1.807, 2.05) is 0 Å². The number of nitrogens with zero attached hydrogens (tertiary/aromatic N) is 2. The highest BCUT2D eigenvalue weighted by atomic mass is 16.5. The van der Waals surface area contributed by atoms with E-state index in [1.165, 1.54) is 11.4 Å². The normalized spacial score (nSPS) is 20.1. The number of hydrogen-bond acceptors (Lipinski definition) is 4. The van der Waals surface area contributed by atoms with E-state index in [2.05, 4.69) is 40.4 Å². The summed E-state index contributed by atoms with van der Waals surface area (Å²) in [4.78, 5) is 4.70. The van der Waals surface area contributed by atoms with Crippen LogP contribution in [0.5, 0.6) is 5.75 Å². The molecule has 1 aromatic carbocycles. The van der Waals surface area contributed by atoms with Gasteiger partial charge in [0.05, 0.1) is 12.3 Å². The van der Waals surface area contributed by atoms with Crippen LogP contribution in [0.25, 0.3) is 0 Å². The monoisotopic (exact) mass is 247 g/mol. The number of anilines is 2. The van der Waals surface area contributed by atoms with Crippen molar-refractivity contribution in [3.05, 3.63) is 18.2 Å². The van der Waals surface area contributed by atoms with Gasteiger partial charge in [0.2, 0.25) is 0 Å². The highest BCUT2D eigenvalue weighted by molar-refractivity contribution is 5.66. The summed E-state index contributed by atoms with van der Waals surface area (Å²) in [5.74, 6) is 1.03. The average Bonchev–Trinajstić information content (AvgIpc) is 2.61. The van der Waals surface area contributed by atoms with E-state index >= 15 is 0 Å². The molecule has 1 N–H and O–H groups in total. The fourth-order valence-electron chi connectivity index (χ4n) is 2.66. The molecule has 2 aliphatic heterocycles. The van der Waals surface area contributed by atoms with Gasteiger partial charge in [-0.1, -0.05) is 0 Å². The highest BCUT2D eigenvalue weighted by Crippen LogP contribution is 2.34. The fourth-order valence-corrected chi connectivity index (χ4v) is 2.66. The molecule has 4 heteroatoms. The fraction of sp³-hybridized carbons (Fsp3) is 0.571. The second kappa shape index (κ2) is 5.06. The van der Waals surface area contributed by atoms with Crippen LogP contribution in [0, 0.1) is 0 Å². The first-order chi connectivity index (χ1) is 8.84.